The maximum Gasteiger partial charge on any atom is 0.326 e. The molecule has 1 fully saturated rings. The number of carbonyl (C=O) groups is 5. The minimum Gasteiger partial charge on any atom is -0.480 e. The largest absolute Gasteiger partial charge is 0.480 e. The van der Waals surface area contributed by atoms with Gasteiger partial charge < -0.3 is 37.1 Å². The van der Waals surface area contributed by atoms with E-state index in [1.165, 1.54) is 0 Å². The summed E-state index contributed by atoms with van der Waals surface area (Å²) in [6.07, 6.45) is 2.70. The maximum atomic E-state index is 13.5. The quantitative estimate of drug-likeness (QED) is 0.222. The number of likely N-dealkylation sites (tertiary alicyclic amines) is 1. The number of nitrogens with one attached hydrogen (secondary N) is 3. The van der Waals surface area contributed by atoms with Gasteiger partial charge in [-0.25, -0.2) is 4.79 Å². The number of primary amides is 1. The van der Waals surface area contributed by atoms with Crippen LogP contribution in [0.25, 0.3) is 10.9 Å². The molecule has 4 amide bonds. The molecule has 5 atom stereocenters. The van der Waals surface area contributed by atoms with Crippen molar-refractivity contribution in [2.75, 3.05) is 6.54 Å². The van der Waals surface area contributed by atoms with E-state index in [0.29, 0.717) is 12.8 Å². The number of aromatic amines is 1. The summed E-state index contributed by atoms with van der Waals surface area (Å²) in [5.74, 6) is -4.10. The molecule has 0 bridgehead atoms. The number of carbonyl (C=O) groups excluding carboxylic acids is 4. The molecule has 0 saturated carbocycles. The van der Waals surface area contributed by atoms with Crippen molar-refractivity contribution in [2.45, 2.75) is 70.1 Å². The molecule has 38 heavy (non-hydrogen) atoms. The molecule has 1 aliphatic rings. The fourth-order valence-corrected chi connectivity index (χ4v) is 4.67. The molecular weight excluding hydrogens is 492 g/mol. The molecule has 206 valence electrons. The third-order valence-corrected chi connectivity index (χ3v) is 7.13. The van der Waals surface area contributed by atoms with Crippen LogP contribution in [0.3, 0.4) is 0 Å². The van der Waals surface area contributed by atoms with Gasteiger partial charge in [-0.05, 0) is 30.4 Å². The smallest absolute Gasteiger partial charge is 0.326 e. The fourth-order valence-electron chi connectivity index (χ4n) is 4.67. The molecule has 2 aromatic rings. The van der Waals surface area contributed by atoms with Gasteiger partial charge >= 0.3 is 5.97 Å². The highest BCUT2D eigenvalue weighted by molar-refractivity contribution is 5.97. The Morgan fingerprint density at radius 3 is 2.47 bits per heavy atom. The Labute approximate surface area is 220 Å². The summed E-state index contributed by atoms with van der Waals surface area (Å²) < 4.78 is 0. The van der Waals surface area contributed by atoms with Crippen LogP contribution >= 0.6 is 0 Å². The van der Waals surface area contributed by atoms with E-state index in [1.807, 2.05) is 38.1 Å². The van der Waals surface area contributed by atoms with Crippen molar-refractivity contribution in [1.82, 2.24) is 20.5 Å². The van der Waals surface area contributed by atoms with Crippen LogP contribution in [0.1, 0.15) is 45.1 Å². The van der Waals surface area contributed by atoms with E-state index >= 15 is 0 Å². The van der Waals surface area contributed by atoms with Gasteiger partial charge in [0, 0.05) is 30.1 Å². The number of aliphatic carboxylic acids is 1. The number of carboxylic acid groups (broad SMARTS) is 1. The fraction of sp³-hybridized carbons (Fsp3) is 0.500. The number of H-pyrrole nitrogens is 1. The third kappa shape index (κ3) is 6.68. The minimum absolute atomic E-state index is 0.0771. The number of nitrogens with two attached hydrogens (primary N) is 2. The summed E-state index contributed by atoms with van der Waals surface area (Å²) in [7, 11) is 0. The van der Waals surface area contributed by atoms with Crippen LogP contribution in [0.5, 0.6) is 0 Å². The van der Waals surface area contributed by atoms with Gasteiger partial charge in [0.2, 0.25) is 23.6 Å². The first kappa shape index (κ1) is 28.6. The Bertz CT molecular complexity index is 1200. The average Bonchev–Trinajstić information content (AvgIpc) is 3.54. The number of carboxylic acids is 1. The molecule has 5 unspecified atom stereocenters. The molecule has 12 heteroatoms. The van der Waals surface area contributed by atoms with E-state index in [2.05, 4.69) is 15.6 Å². The predicted octanol–water partition coefficient (Wildman–Crippen LogP) is 0.00440. The van der Waals surface area contributed by atoms with Crippen molar-refractivity contribution in [3.05, 3.63) is 36.0 Å². The number of nitrogens with zero attached hydrogens (tertiary/aromatic N) is 1. The van der Waals surface area contributed by atoms with Gasteiger partial charge in [0.25, 0.3) is 0 Å². The Hall–Kier alpha value is -3.93. The standard InChI is InChI=1S/C26H36N6O6/c1-3-14(2)22(28)24(35)30-18(11-15-13-29-17-8-5-4-7-16(15)17)23(34)31-19(12-21(27)33)25(36)32-10-6-9-20(32)26(37)38/h4-5,7-8,13-14,18-20,22,29H,3,6,9-12,28H2,1-2H3,(H2,27,33)(H,30,35)(H,31,34)(H,37,38). The van der Waals surface area contributed by atoms with Gasteiger partial charge in [-0.15, -0.1) is 0 Å². The van der Waals surface area contributed by atoms with E-state index in [0.717, 1.165) is 21.4 Å². The Morgan fingerprint density at radius 1 is 1.13 bits per heavy atom. The second kappa shape index (κ2) is 12.5. The molecule has 1 aromatic carbocycles. The van der Waals surface area contributed by atoms with E-state index < -0.39 is 60.2 Å². The molecule has 1 saturated heterocycles. The lowest BCUT2D eigenvalue weighted by molar-refractivity contribution is -0.149. The first-order valence-corrected chi connectivity index (χ1v) is 12.8. The molecule has 0 radical (unpaired) electrons. The SMILES string of the molecule is CCC(C)C(N)C(=O)NC(Cc1c[nH]c2ccccc12)C(=O)NC(CC(N)=O)C(=O)N1CCCC1C(=O)O. The first-order valence-electron chi connectivity index (χ1n) is 12.8. The number of hydrogen-bond donors (Lipinski definition) is 6. The van der Waals surface area contributed by atoms with Gasteiger partial charge in [-0.1, -0.05) is 38.5 Å². The van der Waals surface area contributed by atoms with Crippen LogP contribution in [0.4, 0.5) is 0 Å². The Morgan fingerprint density at radius 2 is 1.82 bits per heavy atom. The van der Waals surface area contributed by atoms with Crippen molar-refractivity contribution >= 4 is 40.5 Å². The van der Waals surface area contributed by atoms with Gasteiger partial charge in [-0.3, -0.25) is 19.2 Å². The Balaban J connectivity index is 1.87. The lowest BCUT2D eigenvalue weighted by Crippen LogP contribution is -2.58. The zero-order valence-electron chi connectivity index (χ0n) is 21.6. The highest BCUT2D eigenvalue weighted by Gasteiger charge is 2.39. The highest BCUT2D eigenvalue weighted by atomic mass is 16.4. The lowest BCUT2D eigenvalue weighted by atomic mass is 9.98. The van der Waals surface area contributed by atoms with Crippen molar-refractivity contribution in [2.24, 2.45) is 17.4 Å². The monoisotopic (exact) mass is 528 g/mol. The topological polar surface area (TPSA) is 201 Å². The lowest BCUT2D eigenvalue weighted by Gasteiger charge is -2.28. The van der Waals surface area contributed by atoms with Crippen LogP contribution in [0.15, 0.2) is 30.5 Å². The number of rotatable bonds is 12. The number of amides is 4. The van der Waals surface area contributed by atoms with Gasteiger partial charge in [0.15, 0.2) is 0 Å². The second-order valence-electron chi connectivity index (χ2n) is 9.80. The summed E-state index contributed by atoms with van der Waals surface area (Å²) in [6, 6.07) is 3.04. The van der Waals surface area contributed by atoms with Crippen LogP contribution in [-0.4, -0.2) is 75.3 Å². The zero-order valence-corrected chi connectivity index (χ0v) is 21.6. The molecule has 1 aliphatic heterocycles. The van der Waals surface area contributed by atoms with E-state index in [9.17, 15) is 29.1 Å². The molecule has 12 nitrogen and oxygen atoms in total. The maximum absolute atomic E-state index is 13.5. The van der Waals surface area contributed by atoms with Crippen molar-refractivity contribution in [3.63, 3.8) is 0 Å². The molecular formula is C26H36N6O6. The number of benzene rings is 1. The van der Waals surface area contributed by atoms with Crippen molar-refractivity contribution in [3.8, 4) is 0 Å². The molecule has 0 aliphatic carbocycles. The van der Waals surface area contributed by atoms with Gasteiger partial charge in [0.05, 0.1) is 12.5 Å². The number of aromatic nitrogens is 1. The summed E-state index contributed by atoms with van der Waals surface area (Å²) in [5, 5.41) is 15.6. The summed E-state index contributed by atoms with van der Waals surface area (Å²) in [6.45, 7) is 3.91. The van der Waals surface area contributed by atoms with Crippen molar-refractivity contribution in [1.29, 1.82) is 0 Å². The first-order chi connectivity index (χ1) is 18.0. The normalized spacial score (nSPS) is 18.4. The van der Waals surface area contributed by atoms with E-state index in [4.69, 9.17) is 11.5 Å². The van der Waals surface area contributed by atoms with Gasteiger partial charge in [-0.2, -0.15) is 0 Å². The van der Waals surface area contributed by atoms with E-state index in [1.54, 1.807) is 6.20 Å². The van der Waals surface area contributed by atoms with Crippen LogP contribution in [-0.2, 0) is 30.4 Å². The zero-order chi connectivity index (χ0) is 28.0. The predicted molar refractivity (Wildman–Crippen MR) is 139 cm³/mol. The molecule has 0 spiro atoms. The highest BCUT2D eigenvalue weighted by Crippen LogP contribution is 2.21. The third-order valence-electron chi connectivity index (χ3n) is 7.13. The molecule has 3 rings (SSSR count). The number of para-hydroxylation sites is 1. The second-order valence-corrected chi connectivity index (χ2v) is 9.80. The van der Waals surface area contributed by atoms with Gasteiger partial charge in [0.1, 0.15) is 18.1 Å². The number of fused-ring (bicyclic) bond motifs is 1. The summed E-state index contributed by atoms with van der Waals surface area (Å²) in [4.78, 5) is 67.3. The minimum atomic E-state index is -1.38. The molecule has 2 heterocycles. The van der Waals surface area contributed by atoms with E-state index in [-0.39, 0.29) is 25.3 Å². The number of hydrogen-bond acceptors (Lipinski definition) is 6. The van der Waals surface area contributed by atoms with Crippen LogP contribution in [0, 0.1) is 5.92 Å². The summed E-state index contributed by atoms with van der Waals surface area (Å²) >= 11 is 0. The van der Waals surface area contributed by atoms with Crippen LogP contribution < -0.4 is 22.1 Å². The van der Waals surface area contributed by atoms with Crippen LogP contribution in [0.2, 0.25) is 0 Å². The van der Waals surface area contributed by atoms with Crippen molar-refractivity contribution < 1.29 is 29.1 Å². The Kier molecular flexibility index (Phi) is 9.45. The molecule has 8 N–H and O–H groups in total. The molecule has 1 aromatic heterocycles. The average molecular weight is 529 g/mol. The summed E-state index contributed by atoms with van der Waals surface area (Å²) in [5.41, 5.74) is 13.0.